The number of hydrogen-bond acceptors (Lipinski definition) is 5. The lowest BCUT2D eigenvalue weighted by molar-refractivity contribution is -0.119. The Hall–Kier alpha value is -1.48. The number of piperidine rings is 1. The predicted octanol–water partition coefficient (Wildman–Crippen LogP) is 2.75. The summed E-state index contributed by atoms with van der Waals surface area (Å²) in [5, 5.41) is 4.14. The number of thiazole rings is 1. The first kappa shape index (κ1) is 17.9. The second kappa shape index (κ2) is 6.60. The maximum Gasteiger partial charge on any atom is 0.254 e. The Bertz CT molecular complexity index is 932. The van der Waals surface area contributed by atoms with Gasteiger partial charge in [0.05, 0.1) is 6.20 Å². The van der Waals surface area contributed by atoms with Gasteiger partial charge in [-0.05, 0) is 30.4 Å². The molecular weight excluding hydrogens is 394 g/mol. The number of nitrogens with one attached hydrogen (secondary N) is 1. The molecule has 6 nitrogen and oxygen atoms in total. The third-order valence-corrected chi connectivity index (χ3v) is 8.78. The van der Waals surface area contributed by atoms with E-state index in [2.05, 4.69) is 10.3 Å². The van der Waals surface area contributed by atoms with Crippen molar-refractivity contribution in [3.05, 3.63) is 35.5 Å². The van der Waals surface area contributed by atoms with Crippen molar-refractivity contribution in [3.8, 4) is 10.6 Å². The molecule has 26 heavy (non-hydrogen) atoms. The summed E-state index contributed by atoms with van der Waals surface area (Å²) in [6.07, 6.45) is 3.33. The number of rotatable bonds is 3. The van der Waals surface area contributed by atoms with Gasteiger partial charge in [0.15, 0.2) is 4.21 Å². The van der Waals surface area contributed by atoms with Gasteiger partial charge in [0, 0.05) is 36.6 Å². The monoisotopic (exact) mass is 411 g/mol. The largest absolute Gasteiger partial charge is 0.356 e. The second-order valence-electron chi connectivity index (χ2n) is 6.85. The van der Waals surface area contributed by atoms with E-state index in [-0.39, 0.29) is 15.5 Å². The summed E-state index contributed by atoms with van der Waals surface area (Å²) in [7, 11) is -3.56. The van der Waals surface area contributed by atoms with E-state index in [1.54, 1.807) is 12.1 Å². The van der Waals surface area contributed by atoms with Gasteiger partial charge in [0.2, 0.25) is 5.91 Å². The van der Waals surface area contributed by atoms with Crippen molar-refractivity contribution < 1.29 is 13.2 Å². The van der Waals surface area contributed by atoms with Gasteiger partial charge in [0.1, 0.15) is 5.01 Å². The van der Waals surface area contributed by atoms with Crippen LogP contribution >= 0.6 is 22.9 Å². The van der Waals surface area contributed by atoms with Crippen molar-refractivity contribution in [2.75, 3.05) is 19.6 Å². The summed E-state index contributed by atoms with van der Waals surface area (Å²) >= 11 is 7.06. The highest BCUT2D eigenvalue weighted by atomic mass is 35.5. The van der Waals surface area contributed by atoms with Crippen LogP contribution in [0, 0.1) is 5.41 Å². The van der Waals surface area contributed by atoms with E-state index < -0.39 is 10.0 Å². The van der Waals surface area contributed by atoms with Crippen molar-refractivity contribution >= 4 is 38.9 Å². The Morgan fingerprint density at radius 2 is 1.88 bits per heavy atom. The Labute approximate surface area is 161 Å². The van der Waals surface area contributed by atoms with Crippen LogP contribution in [0.15, 0.2) is 34.7 Å². The van der Waals surface area contributed by atoms with Gasteiger partial charge in [-0.3, -0.25) is 4.79 Å². The Kier molecular flexibility index (Phi) is 4.54. The Morgan fingerprint density at radius 1 is 1.19 bits per heavy atom. The minimum Gasteiger partial charge on any atom is -0.356 e. The minimum atomic E-state index is -3.56. The van der Waals surface area contributed by atoms with Gasteiger partial charge in [-0.1, -0.05) is 23.7 Å². The molecule has 2 aliphatic heterocycles. The molecule has 9 heteroatoms. The molecule has 2 aliphatic rings. The molecule has 0 bridgehead atoms. The Morgan fingerprint density at radius 3 is 2.50 bits per heavy atom. The zero-order valence-electron chi connectivity index (χ0n) is 13.9. The van der Waals surface area contributed by atoms with Gasteiger partial charge in [0.25, 0.3) is 10.0 Å². The highest BCUT2D eigenvalue weighted by Gasteiger charge is 2.43. The number of carbonyl (C=O) groups excluding carboxylic acids is 1. The highest BCUT2D eigenvalue weighted by Crippen LogP contribution is 2.39. The average molecular weight is 412 g/mol. The first-order valence-corrected chi connectivity index (χ1v) is 11.0. The molecular formula is C17H18ClN3O3S2. The van der Waals surface area contributed by atoms with E-state index in [1.165, 1.54) is 21.8 Å². The van der Waals surface area contributed by atoms with Crippen LogP contribution in [0.3, 0.4) is 0 Å². The molecule has 0 aliphatic carbocycles. The lowest BCUT2D eigenvalue weighted by atomic mass is 9.78. The van der Waals surface area contributed by atoms with Crippen LogP contribution in [-0.2, 0) is 14.8 Å². The number of aromatic nitrogens is 1. The zero-order valence-corrected chi connectivity index (χ0v) is 16.3. The predicted molar refractivity (Wildman–Crippen MR) is 101 cm³/mol. The number of amides is 1. The van der Waals surface area contributed by atoms with Crippen LogP contribution in [0.1, 0.15) is 19.3 Å². The molecule has 1 aromatic heterocycles. The van der Waals surface area contributed by atoms with Crippen LogP contribution in [0.2, 0.25) is 5.02 Å². The number of halogens is 1. The third kappa shape index (κ3) is 3.26. The van der Waals surface area contributed by atoms with Gasteiger partial charge in [-0.2, -0.15) is 4.31 Å². The molecule has 1 amide bonds. The van der Waals surface area contributed by atoms with Crippen LogP contribution < -0.4 is 5.32 Å². The molecule has 2 fully saturated rings. The summed E-state index contributed by atoms with van der Waals surface area (Å²) in [4.78, 5) is 15.8. The maximum atomic E-state index is 12.9. The highest BCUT2D eigenvalue weighted by molar-refractivity contribution is 7.91. The quantitative estimate of drug-likeness (QED) is 0.842. The third-order valence-electron chi connectivity index (χ3n) is 5.15. The normalized spacial score (nSPS) is 20.4. The van der Waals surface area contributed by atoms with E-state index >= 15 is 0 Å². The number of benzene rings is 1. The van der Waals surface area contributed by atoms with Crippen LogP contribution in [-0.4, -0.2) is 43.2 Å². The van der Waals surface area contributed by atoms with Gasteiger partial charge in [-0.15, -0.1) is 11.3 Å². The van der Waals surface area contributed by atoms with Crippen molar-refractivity contribution in [2.45, 2.75) is 23.5 Å². The lowest BCUT2D eigenvalue weighted by Crippen LogP contribution is -2.43. The summed E-state index contributed by atoms with van der Waals surface area (Å²) in [5.74, 6) is 0.0661. The number of sulfonamides is 1. The van der Waals surface area contributed by atoms with E-state index in [0.29, 0.717) is 48.9 Å². The van der Waals surface area contributed by atoms with Crippen LogP contribution in [0.25, 0.3) is 10.6 Å². The fourth-order valence-electron chi connectivity index (χ4n) is 3.54. The fraction of sp³-hybridized carbons (Fsp3) is 0.412. The first-order chi connectivity index (χ1) is 12.4. The summed E-state index contributed by atoms with van der Waals surface area (Å²) < 4.78 is 27.7. The molecule has 1 spiro atoms. The molecule has 0 saturated carbocycles. The fourth-order valence-corrected chi connectivity index (χ4v) is 6.40. The van der Waals surface area contributed by atoms with E-state index in [0.717, 1.165) is 5.56 Å². The number of nitrogens with zero attached hydrogens (tertiary/aromatic N) is 2. The average Bonchev–Trinajstić information content (AvgIpc) is 3.24. The molecule has 138 valence electrons. The summed E-state index contributed by atoms with van der Waals surface area (Å²) in [5.41, 5.74) is 0.764. The van der Waals surface area contributed by atoms with Crippen molar-refractivity contribution in [2.24, 2.45) is 5.41 Å². The van der Waals surface area contributed by atoms with Crippen molar-refractivity contribution in [1.82, 2.24) is 14.6 Å². The standard InChI is InChI=1S/C17H18ClN3O3S2/c18-13-3-1-12(2-4-13)16-19-10-15(25-16)26(23,24)21-7-5-17(6-8-21)9-14(22)20-11-17/h1-4,10H,5-9,11H2,(H,20,22). The summed E-state index contributed by atoms with van der Waals surface area (Å²) in [6.45, 7) is 1.53. The van der Waals surface area contributed by atoms with Crippen LogP contribution in [0.4, 0.5) is 0 Å². The molecule has 1 N–H and O–H groups in total. The molecule has 2 saturated heterocycles. The first-order valence-electron chi connectivity index (χ1n) is 8.37. The maximum absolute atomic E-state index is 12.9. The lowest BCUT2D eigenvalue weighted by Gasteiger charge is -2.37. The van der Waals surface area contributed by atoms with Gasteiger partial charge < -0.3 is 5.32 Å². The summed E-state index contributed by atoms with van der Waals surface area (Å²) in [6, 6.07) is 7.17. The smallest absolute Gasteiger partial charge is 0.254 e. The molecule has 0 unspecified atom stereocenters. The molecule has 1 aromatic carbocycles. The SMILES string of the molecule is O=C1CC2(CCN(S(=O)(=O)c3cnc(-c4ccc(Cl)cc4)s3)CC2)CN1. The van der Waals surface area contributed by atoms with Crippen molar-refractivity contribution in [1.29, 1.82) is 0 Å². The van der Waals surface area contributed by atoms with E-state index in [1.807, 2.05) is 12.1 Å². The molecule has 0 atom stereocenters. The Balaban J connectivity index is 1.51. The van der Waals surface area contributed by atoms with Gasteiger partial charge in [-0.25, -0.2) is 13.4 Å². The number of hydrogen-bond donors (Lipinski definition) is 1. The number of carbonyl (C=O) groups is 1. The van der Waals surface area contributed by atoms with Gasteiger partial charge >= 0.3 is 0 Å². The minimum absolute atomic E-state index is 0.0661. The molecule has 2 aromatic rings. The molecule has 3 heterocycles. The molecule has 4 rings (SSSR count). The van der Waals surface area contributed by atoms with E-state index in [9.17, 15) is 13.2 Å². The van der Waals surface area contributed by atoms with E-state index in [4.69, 9.17) is 11.6 Å². The zero-order chi connectivity index (χ0) is 18.4. The molecule has 0 radical (unpaired) electrons. The van der Waals surface area contributed by atoms with Crippen molar-refractivity contribution in [3.63, 3.8) is 0 Å². The second-order valence-corrected chi connectivity index (χ2v) is 10.5. The van der Waals surface area contributed by atoms with Crippen LogP contribution in [0.5, 0.6) is 0 Å². The topological polar surface area (TPSA) is 79.4 Å².